The van der Waals surface area contributed by atoms with Crippen LogP contribution in [0.3, 0.4) is 0 Å². The van der Waals surface area contributed by atoms with Gasteiger partial charge in [-0.3, -0.25) is 4.79 Å². The molecule has 0 atom stereocenters. The summed E-state index contributed by atoms with van der Waals surface area (Å²) in [5.41, 5.74) is 1.08. The summed E-state index contributed by atoms with van der Waals surface area (Å²) in [4.78, 5) is 17.9. The Kier molecular flexibility index (Phi) is 7.54. The summed E-state index contributed by atoms with van der Waals surface area (Å²) in [5, 5.41) is 0. The largest absolute Gasteiger partial charge is 0.454 e. The highest BCUT2D eigenvalue weighted by molar-refractivity contribution is 7.89. The van der Waals surface area contributed by atoms with E-state index in [0.29, 0.717) is 29.4 Å². The number of hydrogen-bond donors (Lipinski definition) is 0. The lowest BCUT2D eigenvalue weighted by Crippen LogP contribution is -2.37. The lowest BCUT2D eigenvalue weighted by molar-refractivity contribution is 0.0997. The van der Waals surface area contributed by atoms with Crippen molar-refractivity contribution in [2.75, 3.05) is 19.9 Å². The Morgan fingerprint density at radius 2 is 1.72 bits per heavy atom. The SMILES string of the molecule is C#CCn1c(=NC(=O)c2ccc(S(=O)(=O)N(CC(C)C)CC(C)C)cc2)sc2cc3c(cc21)OCO3. The van der Waals surface area contributed by atoms with E-state index in [1.165, 1.54) is 39.9 Å². The second-order valence-electron chi connectivity index (χ2n) is 9.40. The fourth-order valence-corrected chi connectivity index (χ4v) is 6.75. The van der Waals surface area contributed by atoms with Crippen molar-refractivity contribution in [1.82, 2.24) is 8.87 Å². The molecule has 0 radical (unpaired) electrons. The van der Waals surface area contributed by atoms with Crippen LogP contribution in [0.1, 0.15) is 38.1 Å². The summed E-state index contributed by atoms with van der Waals surface area (Å²) in [5.74, 6) is 3.74. The Bertz CT molecular complexity index is 1480. The van der Waals surface area contributed by atoms with Crippen molar-refractivity contribution in [3.8, 4) is 23.8 Å². The second-order valence-corrected chi connectivity index (χ2v) is 12.3. The van der Waals surface area contributed by atoms with Crippen molar-refractivity contribution in [2.24, 2.45) is 16.8 Å². The van der Waals surface area contributed by atoms with Crippen LogP contribution in [0, 0.1) is 24.2 Å². The molecular formula is C26H29N3O5S2. The molecule has 0 spiro atoms. The first kappa shape index (κ1) is 25.9. The summed E-state index contributed by atoms with van der Waals surface area (Å²) in [6, 6.07) is 9.59. The van der Waals surface area contributed by atoms with E-state index in [-0.39, 0.29) is 35.6 Å². The minimum atomic E-state index is -3.69. The van der Waals surface area contributed by atoms with Crippen LogP contribution in [0.2, 0.25) is 0 Å². The number of fused-ring (bicyclic) bond motifs is 2. The number of nitrogens with zero attached hydrogens (tertiary/aromatic N) is 3. The molecule has 0 fully saturated rings. The first-order valence-electron chi connectivity index (χ1n) is 11.7. The second kappa shape index (κ2) is 10.5. The summed E-state index contributed by atoms with van der Waals surface area (Å²) in [6.45, 7) is 9.19. The zero-order valence-electron chi connectivity index (χ0n) is 20.7. The fourth-order valence-electron chi connectivity index (χ4n) is 3.94. The van der Waals surface area contributed by atoms with Gasteiger partial charge in [0.05, 0.1) is 21.7 Å². The van der Waals surface area contributed by atoms with Crippen LogP contribution >= 0.6 is 11.3 Å². The molecule has 36 heavy (non-hydrogen) atoms. The van der Waals surface area contributed by atoms with Crippen molar-refractivity contribution in [2.45, 2.75) is 39.1 Å². The predicted octanol–water partition coefficient (Wildman–Crippen LogP) is 4.11. The van der Waals surface area contributed by atoms with Crippen LogP contribution in [-0.2, 0) is 16.6 Å². The zero-order chi connectivity index (χ0) is 26.0. The maximum atomic E-state index is 13.3. The molecule has 2 heterocycles. The molecule has 190 valence electrons. The molecule has 3 aromatic rings. The molecule has 10 heteroatoms. The van der Waals surface area contributed by atoms with Gasteiger partial charge in [-0.25, -0.2) is 8.42 Å². The van der Waals surface area contributed by atoms with Crippen molar-refractivity contribution in [3.63, 3.8) is 0 Å². The summed E-state index contributed by atoms with van der Waals surface area (Å²) in [6.07, 6.45) is 5.57. The van der Waals surface area contributed by atoms with Crippen LogP contribution < -0.4 is 14.3 Å². The van der Waals surface area contributed by atoms with Crippen LogP contribution in [0.5, 0.6) is 11.5 Å². The Labute approximate surface area is 215 Å². The van der Waals surface area contributed by atoms with Crippen molar-refractivity contribution < 1.29 is 22.7 Å². The van der Waals surface area contributed by atoms with Crippen molar-refractivity contribution in [1.29, 1.82) is 0 Å². The summed E-state index contributed by atoms with van der Waals surface area (Å²) >= 11 is 1.32. The smallest absolute Gasteiger partial charge is 0.279 e. The average molecular weight is 528 g/mol. The zero-order valence-corrected chi connectivity index (χ0v) is 22.4. The fraction of sp³-hybridized carbons (Fsp3) is 0.385. The monoisotopic (exact) mass is 527 g/mol. The molecule has 0 saturated heterocycles. The predicted molar refractivity (Wildman–Crippen MR) is 140 cm³/mol. The number of carbonyl (C=O) groups is 1. The van der Waals surface area contributed by atoms with Gasteiger partial charge in [-0.1, -0.05) is 45.0 Å². The number of carbonyl (C=O) groups excluding carboxylic acids is 1. The summed E-state index contributed by atoms with van der Waals surface area (Å²) < 4.78 is 41.6. The molecule has 8 nitrogen and oxygen atoms in total. The number of aromatic nitrogens is 1. The van der Waals surface area contributed by atoms with Gasteiger partial charge in [0.1, 0.15) is 0 Å². The molecule has 1 amide bonds. The number of hydrogen-bond acceptors (Lipinski definition) is 6. The standard InChI is InChI=1S/C26H29N3O5S2/c1-6-11-29-21-12-22-23(34-16-33-22)13-24(21)35-26(29)27-25(30)19-7-9-20(10-8-19)36(31,32)28(14-17(2)3)15-18(4)5/h1,7-10,12-13,17-18H,11,14-16H2,2-5H3. The highest BCUT2D eigenvalue weighted by atomic mass is 32.2. The van der Waals surface area contributed by atoms with Gasteiger partial charge < -0.3 is 14.0 Å². The molecule has 1 aromatic heterocycles. The Balaban J connectivity index is 1.66. The number of thiazole rings is 1. The van der Waals surface area contributed by atoms with Gasteiger partial charge in [0, 0.05) is 30.8 Å². The third-order valence-corrected chi connectivity index (χ3v) is 8.39. The van der Waals surface area contributed by atoms with E-state index in [0.717, 1.165) is 10.2 Å². The van der Waals surface area contributed by atoms with Gasteiger partial charge >= 0.3 is 0 Å². The Morgan fingerprint density at radius 1 is 1.11 bits per heavy atom. The number of sulfonamides is 1. The topological polar surface area (TPSA) is 90.2 Å². The molecule has 4 rings (SSSR count). The van der Waals surface area contributed by atoms with E-state index in [4.69, 9.17) is 15.9 Å². The quantitative estimate of drug-likeness (QED) is 0.411. The molecular weight excluding hydrogens is 498 g/mol. The first-order valence-corrected chi connectivity index (χ1v) is 13.9. The van der Waals surface area contributed by atoms with Gasteiger partial charge in [0.25, 0.3) is 5.91 Å². The maximum absolute atomic E-state index is 13.3. The lowest BCUT2D eigenvalue weighted by atomic mass is 10.2. The van der Waals surface area contributed by atoms with Crippen molar-refractivity contribution in [3.05, 3.63) is 46.8 Å². The molecule has 0 aliphatic carbocycles. The number of benzene rings is 2. The van der Waals surface area contributed by atoms with E-state index in [9.17, 15) is 13.2 Å². The lowest BCUT2D eigenvalue weighted by Gasteiger charge is -2.25. The average Bonchev–Trinajstić information content (AvgIpc) is 3.40. The van der Waals surface area contributed by atoms with E-state index < -0.39 is 15.9 Å². The van der Waals surface area contributed by atoms with Gasteiger partial charge in [-0.2, -0.15) is 9.30 Å². The van der Waals surface area contributed by atoms with Crippen LogP contribution in [0.15, 0.2) is 46.3 Å². The van der Waals surface area contributed by atoms with Crippen LogP contribution in [0.4, 0.5) is 0 Å². The molecule has 0 saturated carbocycles. The first-order chi connectivity index (χ1) is 17.1. The number of amides is 1. The van der Waals surface area contributed by atoms with Gasteiger partial charge in [-0.15, -0.1) is 6.42 Å². The molecule has 1 aliphatic rings. The van der Waals surface area contributed by atoms with Gasteiger partial charge in [0.15, 0.2) is 16.3 Å². The third-order valence-electron chi connectivity index (χ3n) is 5.50. The normalized spacial score (nSPS) is 13.8. The molecule has 0 bridgehead atoms. The minimum absolute atomic E-state index is 0.152. The van der Waals surface area contributed by atoms with E-state index in [2.05, 4.69) is 10.9 Å². The van der Waals surface area contributed by atoms with Gasteiger partial charge in [0.2, 0.25) is 16.8 Å². The number of rotatable bonds is 8. The number of ether oxygens (including phenoxy) is 2. The molecule has 0 unspecified atom stereocenters. The van der Waals surface area contributed by atoms with E-state index in [1.807, 2.05) is 39.8 Å². The van der Waals surface area contributed by atoms with Crippen LogP contribution in [0.25, 0.3) is 10.2 Å². The Hall–Kier alpha value is -3.13. The van der Waals surface area contributed by atoms with Crippen LogP contribution in [-0.4, -0.2) is 43.1 Å². The third kappa shape index (κ3) is 5.33. The summed E-state index contributed by atoms with van der Waals surface area (Å²) in [7, 11) is -3.69. The Morgan fingerprint density at radius 3 is 2.31 bits per heavy atom. The molecule has 1 aliphatic heterocycles. The highest BCUT2D eigenvalue weighted by Gasteiger charge is 2.26. The maximum Gasteiger partial charge on any atom is 0.279 e. The van der Waals surface area contributed by atoms with Crippen molar-refractivity contribution >= 4 is 37.5 Å². The number of terminal acetylenes is 1. The van der Waals surface area contributed by atoms with E-state index in [1.54, 1.807) is 4.57 Å². The molecule has 0 N–H and O–H groups in total. The van der Waals surface area contributed by atoms with Gasteiger partial charge in [-0.05, 0) is 36.1 Å². The molecule has 2 aromatic carbocycles. The van der Waals surface area contributed by atoms with E-state index >= 15 is 0 Å². The minimum Gasteiger partial charge on any atom is -0.454 e. The highest BCUT2D eigenvalue weighted by Crippen LogP contribution is 2.37.